The van der Waals surface area contributed by atoms with Crippen LogP contribution in [0.5, 0.6) is 5.75 Å². The molecule has 0 atom stereocenters. The van der Waals surface area contributed by atoms with Gasteiger partial charge in [-0.05, 0) is 36.2 Å². The fourth-order valence-corrected chi connectivity index (χ4v) is 4.26. The van der Waals surface area contributed by atoms with Crippen molar-refractivity contribution in [3.63, 3.8) is 0 Å². The van der Waals surface area contributed by atoms with E-state index in [0.29, 0.717) is 34.6 Å². The number of hydrogen-bond donors (Lipinski definition) is 1. The average Bonchev–Trinajstić information content (AvgIpc) is 3.23. The van der Waals surface area contributed by atoms with Gasteiger partial charge in [0.1, 0.15) is 10.6 Å². The Morgan fingerprint density at radius 3 is 2.52 bits per heavy atom. The summed E-state index contributed by atoms with van der Waals surface area (Å²) in [6.07, 6.45) is 0.470. The molecule has 0 saturated carbocycles. The lowest BCUT2D eigenvalue weighted by molar-refractivity contribution is 0.0600. The van der Waals surface area contributed by atoms with E-state index < -0.39 is 11.7 Å². The van der Waals surface area contributed by atoms with E-state index in [4.69, 9.17) is 4.74 Å². The van der Waals surface area contributed by atoms with Crippen molar-refractivity contribution < 1.29 is 14.3 Å². The van der Waals surface area contributed by atoms with Crippen molar-refractivity contribution in [2.24, 2.45) is 0 Å². The smallest absolute Gasteiger partial charge is 0.337 e. The van der Waals surface area contributed by atoms with Gasteiger partial charge in [-0.1, -0.05) is 30.3 Å². The van der Waals surface area contributed by atoms with E-state index in [2.05, 4.69) is 9.72 Å². The van der Waals surface area contributed by atoms with Crippen molar-refractivity contribution in [1.29, 1.82) is 0 Å². The second-order valence-corrected chi connectivity index (χ2v) is 7.70. The maximum atomic E-state index is 13.1. The second kappa shape index (κ2) is 9.01. The van der Waals surface area contributed by atoms with Crippen LogP contribution in [0.1, 0.15) is 16.8 Å². The molecule has 0 spiro atoms. The van der Waals surface area contributed by atoms with Gasteiger partial charge in [0.2, 0.25) is 0 Å². The van der Waals surface area contributed by atoms with Crippen LogP contribution in [-0.2, 0) is 11.3 Å². The van der Waals surface area contributed by atoms with Gasteiger partial charge in [0.25, 0.3) is 5.56 Å². The Morgan fingerprint density at radius 2 is 1.81 bits per heavy atom. The lowest BCUT2D eigenvalue weighted by Gasteiger charge is -2.08. The zero-order chi connectivity index (χ0) is 21.8. The van der Waals surface area contributed by atoms with Gasteiger partial charge in [0.05, 0.1) is 24.7 Å². The van der Waals surface area contributed by atoms with Crippen molar-refractivity contribution in [1.82, 2.24) is 9.55 Å². The molecule has 0 amide bonds. The van der Waals surface area contributed by atoms with Crippen LogP contribution in [0.25, 0.3) is 21.3 Å². The molecule has 0 saturated heterocycles. The number of carbonyl (C=O) groups excluding carboxylic acids is 1. The predicted molar refractivity (Wildman–Crippen MR) is 120 cm³/mol. The monoisotopic (exact) mass is 436 g/mol. The first-order chi connectivity index (χ1) is 15.1. The number of thiophene rings is 1. The molecule has 4 rings (SSSR count). The number of esters is 1. The maximum absolute atomic E-state index is 13.1. The van der Waals surface area contributed by atoms with Crippen LogP contribution in [0.2, 0.25) is 0 Å². The Labute approximate surface area is 181 Å². The standard InChI is InChI=1S/C23H20N2O5S/c1-29-22(27)16-8-10-17(11-9-16)30-13-5-12-25-21(26)19-18(15-6-3-2-4-7-15)14-31-20(19)24-23(25)28/h2-4,6-11,14H,5,12-13H2,1H3,(H,24,28). The molecule has 7 nitrogen and oxygen atoms in total. The van der Waals surface area contributed by atoms with E-state index >= 15 is 0 Å². The van der Waals surface area contributed by atoms with E-state index in [1.165, 1.54) is 23.0 Å². The van der Waals surface area contributed by atoms with Crippen molar-refractivity contribution in [3.8, 4) is 16.9 Å². The zero-order valence-electron chi connectivity index (χ0n) is 16.8. The van der Waals surface area contributed by atoms with E-state index in [0.717, 1.165) is 11.1 Å². The number of H-pyrrole nitrogens is 1. The summed E-state index contributed by atoms with van der Waals surface area (Å²) < 4.78 is 11.5. The maximum Gasteiger partial charge on any atom is 0.337 e. The molecule has 0 fully saturated rings. The number of aromatic amines is 1. The highest BCUT2D eigenvalue weighted by atomic mass is 32.1. The number of hydrogen-bond acceptors (Lipinski definition) is 6. The number of carbonyl (C=O) groups is 1. The summed E-state index contributed by atoms with van der Waals surface area (Å²) >= 11 is 1.35. The number of aromatic nitrogens is 2. The highest BCUT2D eigenvalue weighted by Gasteiger charge is 2.14. The van der Waals surface area contributed by atoms with Gasteiger partial charge in [0, 0.05) is 17.5 Å². The molecule has 0 radical (unpaired) electrons. The highest BCUT2D eigenvalue weighted by Crippen LogP contribution is 2.29. The largest absolute Gasteiger partial charge is 0.494 e. The van der Waals surface area contributed by atoms with Crippen LogP contribution in [0.4, 0.5) is 0 Å². The van der Waals surface area contributed by atoms with Gasteiger partial charge in [-0.25, -0.2) is 9.59 Å². The molecular formula is C23H20N2O5S. The third-order valence-electron chi connectivity index (χ3n) is 4.87. The molecular weight excluding hydrogens is 416 g/mol. The first-order valence-electron chi connectivity index (χ1n) is 9.69. The van der Waals surface area contributed by atoms with Crippen molar-refractivity contribution in [2.45, 2.75) is 13.0 Å². The summed E-state index contributed by atoms with van der Waals surface area (Å²) in [6, 6.07) is 16.2. The molecule has 0 bridgehead atoms. The Balaban J connectivity index is 1.48. The third-order valence-corrected chi connectivity index (χ3v) is 5.77. The van der Waals surface area contributed by atoms with Crippen molar-refractivity contribution in [2.75, 3.05) is 13.7 Å². The first-order valence-corrected chi connectivity index (χ1v) is 10.6. The van der Waals surface area contributed by atoms with Gasteiger partial charge in [-0.2, -0.15) is 0 Å². The number of benzene rings is 2. The molecule has 0 aliphatic rings. The number of nitrogens with zero attached hydrogens (tertiary/aromatic N) is 1. The van der Waals surface area contributed by atoms with Gasteiger partial charge in [-0.3, -0.25) is 14.3 Å². The quantitative estimate of drug-likeness (QED) is 0.353. The molecule has 2 aromatic heterocycles. The van der Waals surface area contributed by atoms with E-state index in [1.807, 2.05) is 35.7 Å². The Hall–Kier alpha value is -3.65. The number of ether oxygens (including phenoxy) is 2. The summed E-state index contributed by atoms with van der Waals surface area (Å²) in [7, 11) is 1.33. The molecule has 158 valence electrons. The fraction of sp³-hybridized carbons (Fsp3) is 0.174. The van der Waals surface area contributed by atoms with E-state index in [1.54, 1.807) is 24.3 Å². The average molecular weight is 436 g/mol. The number of methoxy groups -OCH3 is 1. The minimum atomic E-state index is -0.429. The summed E-state index contributed by atoms with van der Waals surface area (Å²) in [5, 5.41) is 2.41. The van der Waals surface area contributed by atoms with E-state index in [9.17, 15) is 14.4 Å². The SMILES string of the molecule is COC(=O)c1ccc(OCCCn2c(=O)[nH]c3scc(-c4ccccc4)c3c2=O)cc1. The first kappa shape index (κ1) is 20.6. The van der Waals surface area contributed by atoms with Crippen molar-refractivity contribution in [3.05, 3.63) is 86.4 Å². The fourth-order valence-electron chi connectivity index (χ4n) is 3.31. The Bertz CT molecular complexity index is 1320. The minimum Gasteiger partial charge on any atom is -0.494 e. The Morgan fingerprint density at radius 1 is 1.06 bits per heavy atom. The summed E-state index contributed by atoms with van der Waals surface area (Å²) in [4.78, 5) is 40.3. The van der Waals surface area contributed by atoms with Gasteiger partial charge >= 0.3 is 11.7 Å². The Kier molecular flexibility index (Phi) is 5.99. The van der Waals surface area contributed by atoms with Crippen LogP contribution >= 0.6 is 11.3 Å². The molecule has 1 N–H and O–H groups in total. The molecule has 0 aliphatic carbocycles. The lowest BCUT2D eigenvalue weighted by Crippen LogP contribution is -2.35. The molecule has 2 aromatic carbocycles. The number of nitrogens with one attached hydrogen (secondary N) is 1. The molecule has 31 heavy (non-hydrogen) atoms. The number of rotatable bonds is 7. The number of fused-ring (bicyclic) bond motifs is 1. The van der Waals surface area contributed by atoms with Crippen LogP contribution in [0.3, 0.4) is 0 Å². The normalized spacial score (nSPS) is 10.9. The summed E-state index contributed by atoms with van der Waals surface area (Å²) in [6.45, 7) is 0.547. The molecule has 8 heteroatoms. The second-order valence-electron chi connectivity index (χ2n) is 6.82. The molecule has 4 aromatic rings. The summed E-state index contributed by atoms with van der Waals surface area (Å²) in [5.74, 6) is 0.178. The molecule has 2 heterocycles. The molecule has 0 unspecified atom stereocenters. The minimum absolute atomic E-state index is 0.231. The van der Waals surface area contributed by atoms with Gasteiger partial charge in [0.15, 0.2) is 0 Å². The topological polar surface area (TPSA) is 90.4 Å². The predicted octanol–water partition coefficient (Wildman–Crippen LogP) is 3.67. The van der Waals surface area contributed by atoms with Crippen LogP contribution in [0, 0.1) is 0 Å². The zero-order valence-corrected chi connectivity index (χ0v) is 17.6. The van der Waals surface area contributed by atoms with E-state index in [-0.39, 0.29) is 12.1 Å². The van der Waals surface area contributed by atoms with Crippen LogP contribution in [-0.4, -0.2) is 29.2 Å². The summed E-state index contributed by atoms with van der Waals surface area (Å²) in [5.41, 5.74) is 1.45. The van der Waals surface area contributed by atoms with Crippen LogP contribution in [0.15, 0.2) is 69.6 Å². The van der Waals surface area contributed by atoms with Gasteiger partial charge in [-0.15, -0.1) is 11.3 Å². The third kappa shape index (κ3) is 4.29. The van der Waals surface area contributed by atoms with Crippen LogP contribution < -0.4 is 16.0 Å². The van der Waals surface area contributed by atoms with Crippen molar-refractivity contribution >= 4 is 27.5 Å². The van der Waals surface area contributed by atoms with Gasteiger partial charge < -0.3 is 9.47 Å². The lowest BCUT2D eigenvalue weighted by atomic mass is 10.1. The molecule has 0 aliphatic heterocycles. The highest BCUT2D eigenvalue weighted by molar-refractivity contribution is 7.17.